The molecule has 0 aliphatic heterocycles. The minimum absolute atomic E-state index is 0.153. The summed E-state index contributed by atoms with van der Waals surface area (Å²) >= 11 is 0. The van der Waals surface area contributed by atoms with Crippen LogP contribution < -0.4 is 9.73 Å². The maximum absolute atomic E-state index is 12.7. The van der Waals surface area contributed by atoms with Gasteiger partial charge in [0.15, 0.2) is 0 Å². The lowest BCUT2D eigenvalue weighted by Gasteiger charge is -2.19. The fourth-order valence-electron chi connectivity index (χ4n) is 2.65. The van der Waals surface area contributed by atoms with Gasteiger partial charge in [0, 0.05) is 12.6 Å². The number of carbonyl (C=O) groups excluding carboxylic acids is 1. The lowest BCUT2D eigenvalue weighted by atomic mass is 10.1. The number of carbonyl (C=O) groups is 2. The van der Waals surface area contributed by atoms with Gasteiger partial charge in [-0.3, -0.25) is 9.10 Å². The van der Waals surface area contributed by atoms with Crippen LogP contribution in [0.5, 0.6) is 0 Å². The third kappa shape index (κ3) is 5.14. The van der Waals surface area contributed by atoms with Gasteiger partial charge < -0.3 is 5.11 Å². The van der Waals surface area contributed by atoms with Crippen LogP contribution in [-0.4, -0.2) is 38.7 Å². The summed E-state index contributed by atoms with van der Waals surface area (Å²) in [6, 6.07) is 20.1. The minimum atomic E-state index is -3.71. The summed E-state index contributed by atoms with van der Waals surface area (Å²) in [5.41, 5.74) is 3.85. The zero-order valence-electron chi connectivity index (χ0n) is 16.5. The second kappa shape index (κ2) is 9.23. The molecule has 31 heavy (non-hydrogen) atoms. The van der Waals surface area contributed by atoms with Crippen molar-refractivity contribution in [2.24, 2.45) is 5.10 Å². The molecule has 0 heterocycles. The molecule has 0 unspecified atom stereocenters. The first-order valence-corrected chi connectivity index (χ1v) is 10.5. The van der Waals surface area contributed by atoms with Crippen LogP contribution in [0.15, 0.2) is 88.9 Å². The number of anilines is 1. The Bertz CT molecular complexity index is 1210. The molecule has 3 rings (SSSR count). The maximum Gasteiger partial charge on any atom is 0.335 e. The van der Waals surface area contributed by atoms with E-state index in [1.165, 1.54) is 61.8 Å². The molecule has 0 spiro atoms. The molecule has 0 radical (unpaired) electrons. The number of amides is 1. The Labute approximate surface area is 179 Å². The molecule has 3 aromatic rings. The predicted molar refractivity (Wildman–Crippen MR) is 117 cm³/mol. The van der Waals surface area contributed by atoms with Crippen LogP contribution in [0.25, 0.3) is 0 Å². The van der Waals surface area contributed by atoms with E-state index in [0.29, 0.717) is 16.8 Å². The van der Waals surface area contributed by atoms with Crippen molar-refractivity contribution in [2.45, 2.75) is 4.90 Å². The summed E-state index contributed by atoms with van der Waals surface area (Å²) < 4.78 is 26.5. The zero-order chi connectivity index (χ0) is 22.4. The first-order chi connectivity index (χ1) is 14.8. The minimum Gasteiger partial charge on any atom is -0.478 e. The van der Waals surface area contributed by atoms with Crippen LogP contribution in [0, 0.1) is 0 Å². The van der Waals surface area contributed by atoms with Crippen LogP contribution in [-0.2, 0) is 10.0 Å². The van der Waals surface area contributed by atoms with Gasteiger partial charge in [0.1, 0.15) is 0 Å². The Morgan fingerprint density at radius 2 is 1.48 bits per heavy atom. The normalized spacial score (nSPS) is 11.3. The number of sulfonamides is 1. The quantitative estimate of drug-likeness (QED) is 0.435. The molecule has 0 aliphatic rings. The number of hydrogen-bond acceptors (Lipinski definition) is 5. The van der Waals surface area contributed by atoms with E-state index in [-0.39, 0.29) is 10.5 Å². The molecular formula is C22H19N3O5S. The molecule has 0 bridgehead atoms. The van der Waals surface area contributed by atoms with Crippen molar-refractivity contribution in [1.82, 2.24) is 5.43 Å². The number of carboxylic acids is 1. The average molecular weight is 437 g/mol. The molecule has 158 valence electrons. The van der Waals surface area contributed by atoms with Crippen molar-refractivity contribution >= 4 is 33.8 Å². The molecule has 0 saturated carbocycles. The van der Waals surface area contributed by atoms with Crippen LogP contribution in [0.3, 0.4) is 0 Å². The van der Waals surface area contributed by atoms with Crippen LogP contribution in [0.2, 0.25) is 0 Å². The van der Waals surface area contributed by atoms with Crippen molar-refractivity contribution in [3.05, 3.63) is 95.6 Å². The van der Waals surface area contributed by atoms with Gasteiger partial charge in [-0.25, -0.2) is 18.6 Å². The topological polar surface area (TPSA) is 116 Å². The van der Waals surface area contributed by atoms with E-state index in [9.17, 15) is 18.0 Å². The van der Waals surface area contributed by atoms with Crippen molar-refractivity contribution < 1.29 is 23.1 Å². The largest absolute Gasteiger partial charge is 0.478 e. The zero-order valence-corrected chi connectivity index (χ0v) is 17.3. The highest BCUT2D eigenvalue weighted by Crippen LogP contribution is 2.22. The number of aromatic carboxylic acids is 1. The van der Waals surface area contributed by atoms with Crippen LogP contribution in [0.4, 0.5) is 5.69 Å². The first-order valence-electron chi connectivity index (χ1n) is 9.10. The van der Waals surface area contributed by atoms with E-state index in [2.05, 4.69) is 10.5 Å². The van der Waals surface area contributed by atoms with Crippen molar-refractivity contribution in [2.75, 3.05) is 11.4 Å². The van der Waals surface area contributed by atoms with E-state index < -0.39 is 21.9 Å². The van der Waals surface area contributed by atoms with E-state index >= 15 is 0 Å². The van der Waals surface area contributed by atoms with Gasteiger partial charge >= 0.3 is 5.97 Å². The first kappa shape index (κ1) is 21.7. The lowest BCUT2D eigenvalue weighted by molar-refractivity contribution is 0.0696. The fourth-order valence-corrected chi connectivity index (χ4v) is 3.87. The van der Waals surface area contributed by atoms with Gasteiger partial charge in [-0.1, -0.05) is 30.3 Å². The molecule has 0 atom stereocenters. The number of nitrogens with one attached hydrogen (secondary N) is 1. The third-order valence-electron chi connectivity index (χ3n) is 4.43. The number of nitrogens with zero attached hydrogens (tertiary/aromatic N) is 2. The molecule has 3 aromatic carbocycles. The Hall–Kier alpha value is -3.98. The maximum atomic E-state index is 12.7. The number of carboxylic acid groups (broad SMARTS) is 1. The monoisotopic (exact) mass is 437 g/mol. The van der Waals surface area contributed by atoms with E-state index in [1.807, 2.05) is 0 Å². The Morgan fingerprint density at radius 3 is 2.06 bits per heavy atom. The standard InChI is InChI=1S/C22H19N3O5S/c1-25(31(29,30)20-5-3-2-4-6-20)19-13-11-17(12-14-19)21(26)24-23-15-16-7-9-18(10-8-16)22(27)28/h2-15H,1H3,(H,24,26)(H,27,28)/b23-15-. The number of benzene rings is 3. The second-order valence-electron chi connectivity index (χ2n) is 6.46. The van der Waals surface area contributed by atoms with Gasteiger partial charge in [-0.15, -0.1) is 0 Å². The molecule has 0 aliphatic carbocycles. The van der Waals surface area contributed by atoms with Gasteiger partial charge in [-0.05, 0) is 54.1 Å². The molecule has 9 heteroatoms. The smallest absolute Gasteiger partial charge is 0.335 e. The SMILES string of the molecule is CN(c1ccc(C(=O)N/N=C\c2ccc(C(=O)O)cc2)cc1)S(=O)(=O)c1ccccc1. The Morgan fingerprint density at radius 1 is 0.903 bits per heavy atom. The third-order valence-corrected chi connectivity index (χ3v) is 6.23. The van der Waals surface area contributed by atoms with Crippen LogP contribution in [0.1, 0.15) is 26.3 Å². The lowest BCUT2D eigenvalue weighted by Crippen LogP contribution is -2.26. The van der Waals surface area contributed by atoms with E-state index in [0.717, 1.165) is 4.31 Å². The molecule has 1 amide bonds. The number of hydrogen-bond donors (Lipinski definition) is 2. The molecule has 0 fully saturated rings. The number of rotatable bonds is 7. The van der Waals surface area contributed by atoms with Crippen molar-refractivity contribution in [1.29, 1.82) is 0 Å². The fraction of sp³-hybridized carbons (Fsp3) is 0.0455. The molecule has 8 nitrogen and oxygen atoms in total. The van der Waals surface area contributed by atoms with E-state index in [4.69, 9.17) is 5.11 Å². The summed E-state index contributed by atoms with van der Waals surface area (Å²) in [7, 11) is -2.26. The van der Waals surface area contributed by atoms with Gasteiger partial charge in [-0.2, -0.15) is 5.10 Å². The average Bonchev–Trinajstić information content (AvgIpc) is 2.79. The van der Waals surface area contributed by atoms with Gasteiger partial charge in [0.2, 0.25) is 0 Å². The Kier molecular flexibility index (Phi) is 6.46. The van der Waals surface area contributed by atoms with Crippen molar-refractivity contribution in [3.63, 3.8) is 0 Å². The highest BCUT2D eigenvalue weighted by Gasteiger charge is 2.21. The highest BCUT2D eigenvalue weighted by atomic mass is 32.2. The number of hydrazone groups is 1. The Balaban J connectivity index is 1.65. The summed E-state index contributed by atoms with van der Waals surface area (Å²) in [6.07, 6.45) is 1.39. The molecular weight excluding hydrogens is 418 g/mol. The summed E-state index contributed by atoms with van der Waals surface area (Å²) in [5.74, 6) is -1.50. The van der Waals surface area contributed by atoms with Gasteiger partial charge in [0.05, 0.1) is 22.4 Å². The molecule has 0 aromatic heterocycles. The summed E-state index contributed by atoms with van der Waals surface area (Å²) in [6.45, 7) is 0. The van der Waals surface area contributed by atoms with E-state index in [1.54, 1.807) is 30.3 Å². The predicted octanol–water partition coefficient (Wildman–Crippen LogP) is 2.97. The van der Waals surface area contributed by atoms with Gasteiger partial charge in [0.25, 0.3) is 15.9 Å². The summed E-state index contributed by atoms with van der Waals surface area (Å²) in [5, 5.41) is 12.7. The van der Waals surface area contributed by atoms with Crippen LogP contribution >= 0.6 is 0 Å². The van der Waals surface area contributed by atoms with Crippen molar-refractivity contribution in [3.8, 4) is 0 Å². The molecule has 2 N–H and O–H groups in total. The second-order valence-corrected chi connectivity index (χ2v) is 8.43. The summed E-state index contributed by atoms with van der Waals surface area (Å²) in [4.78, 5) is 23.3. The molecule has 0 saturated heterocycles. The highest BCUT2D eigenvalue weighted by molar-refractivity contribution is 7.92.